The van der Waals surface area contributed by atoms with E-state index in [2.05, 4.69) is 188 Å². The molecule has 9 rings (SSSR count). The highest BCUT2D eigenvalue weighted by Gasteiger charge is 2.23. The van der Waals surface area contributed by atoms with Crippen molar-refractivity contribution in [3.05, 3.63) is 188 Å². The van der Waals surface area contributed by atoms with Gasteiger partial charge < -0.3 is 0 Å². The highest BCUT2D eigenvalue weighted by molar-refractivity contribution is 7.20. The molecule has 2 heterocycles. The van der Waals surface area contributed by atoms with Crippen molar-refractivity contribution >= 4 is 51.5 Å². The number of aliphatic imine (C=N–C) groups is 1. The van der Waals surface area contributed by atoms with Crippen LogP contribution in [0.25, 0.3) is 93.3 Å². The van der Waals surface area contributed by atoms with E-state index in [1.807, 2.05) is 17.4 Å². The summed E-state index contributed by atoms with van der Waals surface area (Å²) in [7, 11) is 0. The second kappa shape index (κ2) is 13.8. The Hall–Kier alpha value is -6.68. The molecule has 250 valence electrons. The number of rotatable bonds is 8. The van der Waals surface area contributed by atoms with Crippen molar-refractivity contribution < 1.29 is 0 Å². The van der Waals surface area contributed by atoms with Crippen LogP contribution in [0.4, 0.5) is 5.69 Å². The van der Waals surface area contributed by atoms with Crippen molar-refractivity contribution in [2.75, 3.05) is 0 Å². The van der Waals surface area contributed by atoms with E-state index >= 15 is 0 Å². The minimum atomic E-state index is 0.757. The van der Waals surface area contributed by atoms with E-state index in [4.69, 9.17) is 4.98 Å². The number of hydrogen-bond donors (Lipinski definition) is 0. The predicted molar refractivity (Wildman–Crippen MR) is 229 cm³/mol. The SMILES string of the molecule is C=Cc1ccc2ccc(-c3ccc(-c4ccc(-c5c(-c6ccccc6)sc(-c6ccccc6)c5-c5ccccc5)cc4)c4ccccc34)nc2c1N=C. The van der Waals surface area contributed by atoms with Crippen LogP contribution < -0.4 is 0 Å². The van der Waals surface area contributed by atoms with Gasteiger partial charge in [0.05, 0.1) is 16.9 Å². The normalized spacial score (nSPS) is 11.2. The van der Waals surface area contributed by atoms with Crippen LogP contribution in [0.5, 0.6) is 0 Å². The summed E-state index contributed by atoms with van der Waals surface area (Å²) < 4.78 is 0. The molecule has 0 aliphatic heterocycles. The van der Waals surface area contributed by atoms with E-state index in [1.54, 1.807) is 6.08 Å². The maximum absolute atomic E-state index is 5.13. The van der Waals surface area contributed by atoms with Crippen LogP contribution in [0.1, 0.15) is 5.56 Å². The van der Waals surface area contributed by atoms with Crippen LogP contribution >= 0.6 is 11.3 Å². The van der Waals surface area contributed by atoms with Gasteiger partial charge in [-0.2, -0.15) is 0 Å². The quantitative estimate of drug-likeness (QED) is 0.145. The third-order valence-electron chi connectivity index (χ3n) is 9.97. The molecule has 2 aromatic heterocycles. The Bertz CT molecular complexity index is 2780. The van der Waals surface area contributed by atoms with E-state index in [9.17, 15) is 0 Å². The molecule has 0 atom stereocenters. The first-order valence-corrected chi connectivity index (χ1v) is 18.5. The van der Waals surface area contributed by atoms with Crippen molar-refractivity contribution in [3.8, 4) is 65.5 Å². The first kappa shape index (κ1) is 32.2. The van der Waals surface area contributed by atoms with Gasteiger partial charge >= 0.3 is 0 Å². The van der Waals surface area contributed by atoms with E-state index < -0.39 is 0 Å². The van der Waals surface area contributed by atoms with E-state index in [0.717, 1.165) is 44.4 Å². The van der Waals surface area contributed by atoms with Gasteiger partial charge in [-0.05, 0) is 56.9 Å². The summed E-state index contributed by atoms with van der Waals surface area (Å²) in [6, 6.07) is 62.8. The fourth-order valence-corrected chi connectivity index (χ4v) is 8.79. The number of pyridine rings is 1. The van der Waals surface area contributed by atoms with Gasteiger partial charge in [-0.15, -0.1) is 11.3 Å². The summed E-state index contributed by atoms with van der Waals surface area (Å²) >= 11 is 1.87. The third-order valence-corrected chi connectivity index (χ3v) is 11.3. The number of aromatic nitrogens is 1. The van der Waals surface area contributed by atoms with Crippen molar-refractivity contribution in [1.29, 1.82) is 0 Å². The average Bonchev–Trinajstić information content (AvgIpc) is 3.64. The Balaban J connectivity index is 1.19. The number of fused-ring (bicyclic) bond motifs is 2. The van der Waals surface area contributed by atoms with Crippen LogP contribution in [0.3, 0.4) is 0 Å². The molecule has 2 nitrogen and oxygen atoms in total. The molecule has 0 radical (unpaired) electrons. The standard InChI is InChI=1S/C50H34N2S/c1-3-33-23-28-37-29-32-44(52-48(37)47(33)51-2)43-31-30-40(41-21-13-14-22-42(41)43)34-24-26-36(27-25-34)46-45(35-15-7-4-8-16-35)49(38-17-9-5-10-18-38)53-50(46)39-19-11-6-12-20-39/h3-32H,1-2H2. The lowest BCUT2D eigenvalue weighted by Crippen LogP contribution is -1.91. The molecule has 0 amide bonds. The summed E-state index contributed by atoms with van der Waals surface area (Å²) in [6.07, 6.45) is 1.80. The van der Waals surface area contributed by atoms with Crippen molar-refractivity contribution in [2.45, 2.75) is 0 Å². The molecule has 0 fully saturated rings. The van der Waals surface area contributed by atoms with Gasteiger partial charge in [0.25, 0.3) is 0 Å². The molecule has 3 heteroatoms. The molecule has 0 spiro atoms. The maximum Gasteiger partial charge on any atom is 0.0971 e. The lowest BCUT2D eigenvalue weighted by atomic mass is 9.89. The van der Waals surface area contributed by atoms with Gasteiger partial charge in [0.15, 0.2) is 0 Å². The zero-order valence-corrected chi connectivity index (χ0v) is 29.9. The number of hydrogen-bond acceptors (Lipinski definition) is 3. The Morgan fingerprint density at radius 3 is 1.55 bits per heavy atom. The summed E-state index contributed by atoms with van der Waals surface area (Å²) in [5.41, 5.74) is 14.2. The van der Waals surface area contributed by atoms with Crippen LogP contribution in [0.2, 0.25) is 0 Å². The highest BCUT2D eigenvalue weighted by atomic mass is 32.1. The summed E-state index contributed by atoms with van der Waals surface area (Å²) in [5, 5.41) is 3.35. The number of nitrogens with zero attached hydrogens (tertiary/aromatic N) is 2. The van der Waals surface area contributed by atoms with Gasteiger partial charge in [-0.1, -0.05) is 183 Å². The van der Waals surface area contributed by atoms with Crippen LogP contribution in [-0.4, -0.2) is 11.7 Å². The zero-order valence-electron chi connectivity index (χ0n) is 29.0. The molecule has 0 saturated heterocycles. The van der Waals surface area contributed by atoms with Gasteiger partial charge in [0.2, 0.25) is 0 Å². The van der Waals surface area contributed by atoms with Crippen molar-refractivity contribution in [2.24, 2.45) is 4.99 Å². The van der Waals surface area contributed by atoms with Crippen molar-refractivity contribution in [3.63, 3.8) is 0 Å². The van der Waals surface area contributed by atoms with Crippen LogP contribution in [-0.2, 0) is 0 Å². The fraction of sp³-hybridized carbons (Fsp3) is 0. The first-order valence-electron chi connectivity index (χ1n) is 17.7. The minimum Gasteiger partial charge on any atom is -0.262 e. The second-order valence-electron chi connectivity index (χ2n) is 13.0. The molecular formula is C50H34N2S. The van der Waals surface area contributed by atoms with Crippen LogP contribution in [0, 0.1) is 0 Å². The second-order valence-corrected chi connectivity index (χ2v) is 14.0. The van der Waals surface area contributed by atoms with Crippen molar-refractivity contribution in [1.82, 2.24) is 4.98 Å². The summed E-state index contributed by atoms with van der Waals surface area (Å²) in [4.78, 5) is 12.0. The Labute approximate surface area is 313 Å². The van der Waals surface area contributed by atoms with Gasteiger partial charge in [0, 0.05) is 37.4 Å². The van der Waals surface area contributed by atoms with Gasteiger partial charge in [0.1, 0.15) is 0 Å². The molecule has 0 aliphatic carbocycles. The molecule has 0 N–H and O–H groups in total. The molecule has 0 aliphatic rings. The molecule has 9 aromatic rings. The Morgan fingerprint density at radius 2 is 0.962 bits per heavy atom. The Kier molecular flexibility index (Phi) is 8.39. The topological polar surface area (TPSA) is 25.2 Å². The lowest BCUT2D eigenvalue weighted by molar-refractivity contribution is 1.39. The largest absolute Gasteiger partial charge is 0.262 e. The molecule has 0 saturated carbocycles. The lowest BCUT2D eigenvalue weighted by Gasteiger charge is -2.14. The van der Waals surface area contributed by atoms with E-state index in [-0.39, 0.29) is 0 Å². The van der Waals surface area contributed by atoms with Gasteiger partial charge in [-0.3, -0.25) is 4.99 Å². The molecule has 0 unspecified atom stereocenters. The third kappa shape index (κ3) is 5.78. The summed E-state index contributed by atoms with van der Waals surface area (Å²) in [6.45, 7) is 7.79. The smallest absolute Gasteiger partial charge is 0.0971 e. The maximum atomic E-state index is 5.13. The monoisotopic (exact) mass is 694 g/mol. The minimum absolute atomic E-state index is 0.757. The first-order chi connectivity index (χ1) is 26.2. The predicted octanol–water partition coefficient (Wildman–Crippen LogP) is 14.4. The van der Waals surface area contributed by atoms with Crippen LogP contribution in [0.15, 0.2) is 187 Å². The molecular weight excluding hydrogens is 661 g/mol. The average molecular weight is 695 g/mol. The molecule has 53 heavy (non-hydrogen) atoms. The number of thiophene rings is 1. The molecule has 0 bridgehead atoms. The van der Waals surface area contributed by atoms with E-state index in [0.29, 0.717) is 0 Å². The fourth-order valence-electron chi connectivity index (χ4n) is 7.43. The summed E-state index contributed by atoms with van der Waals surface area (Å²) in [5.74, 6) is 0. The highest BCUT2D eigenvalue weighted by Crippen LogP contribution is 2.52. The number of benzene rings is 7. The Morgan fingerprint density at radius 1 is 0.472 bits per heavy atom. The zero-order chi connectivity index (χ0) is 35.7. The molecule has 7 aromatic carbocycles. The van der Waals surface area contributed by atoms with Gasteiger partial charge in [-0.25, -0.2) is 4.98 Å². The van der Waals surface area contributed by atoms with E-state index in [1.165, 1.54) is 54.1 Å².